The van der Waals surface area contributed by atoms with Crippen LogP contribution in [0.5, 0.6) is 17.2 Å². The summed E-state index contributed by atoms with van der Waals surface area (Å²) < 4.78 is 12.2. The first-order chi connectivity index (χ1) is 9.60. The third-order valence-corrected chi connectivity index (χ3v) is 3.52. The average molecular weight is 336 g/mol. The van der Waals surface area contributed by atoms with Crippen molar-refractivity contribution in [2.75, 3.05) is 6.61 Å². The third kappa shape index (κ3) is 3.74. The first-order valence-electron chi connectivity index (χ1n) is 6.56. The van der Waals surface area contributed by atoms with Gasteiger partial charge in [-0.05, 0) is 55.8 Å². The number of hydrogen-bond donors (Lipinski definition) is 1. The Morgan fingerprint density at radius 3 is 2.20 bits per heavy atom. The molecule has 0 spiro atoms. The van der Waals surface area contributed by atoms with Crippen molar-refractivity contribution < 1.29 is 9.47 Å². The van der Waals surface area contributed by atoms with Crippen LogP contribution in [-0.4, -0.2) is 6.61 Å². The summed E-state index contributed by atoms with van der Waals surface area (Å²) >= 11 is 3.51. The fourth-order valence-corrected chi connectivity index (χ4v) is 2.57. The number of rotatable bonds is 5. The minimum Gasteiger partial charge on any atom is -0.494 e. The summed E-state index contributed by atoms with van der Waals surface area (Å²) in [6.45, 7) is 4.57. The zero-order valence-corrected chi connectivity index (χ0v) is 13.2. The van der Waals surface area contributed by atoms with E-state index in [2.05, 4.69) is 15.9 Å². The zero-order chi connectivity index (χ0) is 14.5. The number of benzene rings is 2. The molecule has 20 heavy (non-hydrogen) atoms. The molecular formula is C16H18BrNO2. The lowest BCUT2D eigenvalue weighted by molar-refractivity contribution is 0.339. The second-order valence-corrected chi connectivity index (χ2v) is 5.33. The quantitative estimate of drug-likeness (QED) is 0.864. The molecule has 0 radical (unpaired) electrons. The number of halogens is 1. The Kier molecular flexibility index (Phi) is 5.04. The lowest BCUT2D eigenvalue weighted by Gasteiger charge is -2.11. The van der Waals surface area contributed by atoms with E-state index in [0.717, 1.165) is 27.3 Å². The van der Waals surface area contributed by atoms with E-state index in [0.29, 0.717) is 6.61 Å². The summed E-state index contributed by atoms with van der Waals surface area (Å²) in [6, 6.07) is 13.4. The molecule has 1 atom stereocenters. The van der Waals surface area contributed by atoms with Gasteiger partial charge in [0.05, 0.1) is 6.61 Å². The maximum absolute atomic E-state index is 5.88. The highest BCUT2D eigenvalue weighted by Gasteiger charge is 2.07. The second-order valence-electron chi connectivity index (χ2n) is 4.48. The van der Waals surface area contributed by atoms with Gasteiger partial charge < -0.3 is 15.2 Å². The normalized spacial score (nSPS) is 12.0. The molecular weight excluding hydrogens is 318 g/mol. The highest BCUT2D eigenvalue weighted by Crippen LogP contribution is 2.30. The SMILES string of the molecule is CCOc1ccc(Oc2ccc([C@H](C)N)c(Br)c2)cc1. The molecule has 0 bridgehead atoms. The molecule has 0 heterocycles. The molecule has 106 valence electrons. The van der Waals surface area contributed by atoms with Crippen molar-refractivity contribution in [3.05, 3.63) is 52.5 Å². The van der Waals surface area contributed by atoms with Crippen molar-refractivity contribution in [3.8, 4) is 17.2 Å². The van der Waals surface area contributed by atoms with Crippen LogP contribution in [0.25, 0.3) is 0 Å². The van der Waals surface area contributed by atoms with Gasteiger partial charge in [-0.3, -0.25) is 0 Å². The van der Waals surface area contributed by atoms with Gasteiger partial charge in [0.25, 0.3) is 0 Å². The van der Waals surface area contributed by atoms with Crippen LogP contribution in [-0.2, 0) is 0 Å². The molecule has 0 saturated carbocycles. The Bertz CT molecular complexity index is 567. The largest absolute Gasteiger partial charge is 0.494 e. The molecule has 3 nitrogen and oxygen atoms in total. The van der Waals surface area contributed by atoms with Gasteiger partial charge in [0, 0.05) is 10.5 Å². The van der Waals surface area contributed by atoms with E-state index >= 15 is 0 Å². The predicted octanol–water partition coefficient (Wildman–Crippen LogP) is 4.66. The van der Waals surface area contributed by atoms with E-state index in [1.165, 1.54) is 0 Å². The summed E-state index contributed by atoms with van der Waals surface area (Å²) in [5, 5.41) is 0. The van der Waals surface area contributed by atoms with Gasteiger partial charge in [-0.25, -0.2) is 0 Å². The van der Waals surface area contributed by atoms with Crippen LogP contribution in [0.4, 0.5) is 0 Å². The van der Waals surface area contributed by atoms with Gasteiger partial charge >= 0.3 is 0 Å². The molecule has 0 aliphatic carbocycles. The minimum atomic E-state index is -0.0103. The van der Waals surface area contributed by atoms with Gasteiger partial charge in [-0.15, -0.1) is 0 Å². The lowest BCUT2D eigenvalue weighted by atomic mass is 10.1. The standard InChI is InChI=1S/C16H18BrNO2/c1-3-19-12-4-6-13(7-5-12)20-14-8-9-15(11(2)18)16(17)10-14/h4-11H,3,18H2,1-2H3/t11-/m0/s1. The van der Waals surface area contributed by atoms with Gasteiger partial charge in [0.1, 0.15) is 17.2 Å². The van der Waals surface area contributed by atoms with Crippen LogP contribution >= 0.6 is 15.9 Å². The molecule has 0 aliphatic rings. The van der Waals surface area contributed by atoms with Crippen molar-refractivity contribution in [3.63, 3.8) is 0 Å². The monoisotopic (exact) mass is 335 g/mol. The van der Waals surface area contributed by atoms with Gasteiger partial charge in [-0.1, -0.05) is 22.0 Å². The Balaban J connectivity index is 2.11. The summed E-state index contributed by atoms with van der Waals surface area (Å²) in [6.07, 6.45) is 0. The van der Waals surface area contributed by atoms with Gasteiger partial charge in [0.2, 0.25) is 0 Å². The highest BCUT2D eigenvalue weighted by atomic mass is 79.9. The molecule has 2 aromatic rings. The number of nitrogens with two attached hydrogens (primary N) is 1. The fourth-order valence-electron chi connectivity index (χ4n) is 1.85. The Morgan fingerprint density at radius 1 is 1.05 bits per heavy atom. The fraction of sp³-hybridized carbons (Fsp3) is 0.250. The maximum atomic E-state index is 5.88. The Hall–Kier alpha value is -1.52. The predicted molar refractivity (Wildman–Crippen MR) is 84.4 cm³/mol. The van der Waals surface area contributed by atoms with Crippen molar-refractivity contribution in [2.24, 2.45) is 5.73 Å². The first-order valence-corrected chi connectivity index (χ1v) is 7.35. The van der Waals surface area contributed by atoms with E-state index in [1.807, 2.05) is 56.3 Å². The molecule has 2 aromatic carbocycles. The van der Waals surface area contributed by atoms with Crippen molar-refractivity contribution >= 4 is 15.9 Å². The van der Waals surface area contributed by atoms with Crippen LogP contribution in [0.1, 0.15) is 25.5 Å². The van der Waals surface area contributed by atoms with E-state index in [1.54, 1.807) is 0 Å². The Morgan fingerprint density at radius 2 is 1.65 bits per heavy atom. The van der Waals surface area contributed by atoms with Crippen LogP contribution < -0.4 is 15.2 Å². The van der Waals surface area contributed by atoms with Crippen LogP contribution in [0, 0.1) is 0 Å². The smallest absolute Gasteiger partial charge is 0.128 e. The summed E-state index contributed by atoms with van der Waals surface area (Å²) in [5.74, 6) is 2.38. The van der Waals surface area contributed by atoms with Crippen LogP contribution in [0.15, 0.2) is 46.9 Å². The summed E-state index contributed by atoms with van der Waals surface area (Å²) in [5.41, 5.74) is 6.94. The van der Waals surface area contributed by atoms with Crippen LogP contribution in [0.3, 0.4) is 0 Å². The van der Waals surface area contributed by atoms with Crippen LogP contribution in [0.2, 0.25) is 0 Å². The van der Waals surface area contributed by atoms with E-state index < -0.39 is 0 Å². The second kappa shape index (κ2) is 6.77. The highest BCUT2D eigenvalue weighted by molar-refractivity contribution is 9.10. The molecule has 0 amide bonds. The summed E-state index contributed by atoms with van der Waals surface area (Å²) in [7, 11) is 0. The third-order valence-electron chi connectivity index (χ3n) is 2.83. The molecule has 0 saturated heterocycles. The molecule has 0 unspecified atom stereocenters. The van der Waals surface area contributed by atoms with E-state index in [9.17, 15) is 0 Å². The van der Waals surface area contributed by atoms with Gasteiger partial charge in [0.15, 0.2) is 0 Å². The van der Waals surface area contributed by atoms with Crippen molar-refractivity contribution in [2.45, 2.75) is 19.9 Å². The minimum absolute atomic E-state index is 0.0103. The molecule has 0 fully saturated rings. The van der Waals surface area contributed by atoms with Gasteiger partial charge in [-0.2, -0.15) is 0 Å². The molecule has 2 N–H and O–H groups in total. The maximum Gasteiger partial charge on any atom is 0.128 e. The van der Waals surface area contributed by atoms with E-state index in [-0.39, 0.29) is 6.04 Å². The van der Waals surface area contributed by atoms with Crippen molar-refractivity contribution in [1.82, 2.24) is 0 Å². The molecule has 4 heteroatoms. The van der Waals surface area contributed by atoms with Crippen molar-refractivity contribution in [1.29, 1.82) is 0 Å². The summed E-state index contributed by atoms with van der Waals surface area (Å²) in [4.78, 5) is 0. The number of ether oxygens (including phenoxy) is 2. The number of hydrogen-bond acceptors (Lipinski definition) is 3. The zero-order valence-electron chi connectivity index (χ0n) is 11.6. The molecule has 0 aromatic heterocycles. The molecule has 0 aliphatic heterocycles. The average Bonchev–Trinajstić information content (AvgIpc) is 2.41. The Labute approximate surface area is 127 Å². The topological polar surface area (TPSA) is 44.5 Å². The lowest BCUT2D eigenvalue weighted by Crippen LogP contribution is -2.05. The van der Waals surface area contributed by atoms with E-state index in [4.69, 9.17) is 15.2 Å². The molecule has 2 rings (SSSR count). The first kappa shape index (κ1) is 14.9.